The summed E-state index contributed by atoms with van der Waals surface area (Å²) >= 11 is 7.48. The van der Waals surface area contributed by atoms with E-state index in [4.69, 9.17) is 16.0 Å². The summed E-state index contributed by atoms with van der Waals surface area (Å²) in [6.07, 6.45) is 0.766. The fourth-order valence-electron chi connectivity index (χ4n) is 3.87. The molecule has 1 aliphatic heterocycles. The molecule has 0 spiro atoms. The normalized spacial score (nSPS) is 15.8. The molecule has 0 bridgehead atoms. The number of hydrogen-bond acceptors (Lipinski definition) is 6. The molecule has 0 fully saturated rings. The lowest BCUT2D eigenvalue weighted by Gasteiger charge is -2.21. The van der Waals surface area contributed by atoms with Crippen molar-refractivity contribution in [2.75, 3.05) is 4.90 Å². The molecule has 1 atom stereocenters. The van der Waals surface area contributed by atoms with E-state index in [1.807, 2.05) is 30.3 Å². The highest BCUT2D eigenvalue weighted by molar-refractivity contribution is 7.15. The van der Waals surface area contributed by atoms with E-state index in [2.05, 4.69) is 24.0 Å². The first-order valence-electron chi connectivity index (χ1n) is 9.91. The first kappa shape index (κ1) is 19.9. The molecule has 6 nitrogen and oxygen atoms in total. The number of nitrogens with zero attached hydrogens (tertiary/aromatic N) is 3. The number of halogens is 1. The van der Waals surface area contributed by atoms with Gasteiger partial charge in [0, 0.05) is 11.4 Å². The van der Waals surface area contributed by atoms with Crippen LogP contribution in [0.3, 0.4) is 0 Å². The summed E-state index contributed by atoms with van der Waals surface area (Å²) in [4.78, 5) is 28.5. The third-order valence-corrected chi connectivity index (χ3v) is 6.37. The zero-order chi connectivity index (χ0) is 21.7. The van der Waals surface area contributed by atoms with Gasteiger partial charge in [-0.3, -0.25) is 14.5 Å². The zero-order valence-electron chi connectivity index (χ0n) is 16.8. The number of carbonyl (C=O) groups is 1. The Balaban J connectivity index is 1.74. The van der Waals surface area contributed by atoms with Gasteiger partial charge in [-0.05, 0) is 29.7 Å². The lowest BCUT2D eigenvalue weighted by atomic mass is 9.99. The van der Waals surface area contributed by atoms with Crippen molar-refractivity contribution in [3.05, 3.63) is 85.7 Å². The van der Waals surface area contributed by atoms with Crippen LogP contribution in [0.25, 0.3) is 11.0 Å². The average molecular weight is 452 g/mol. The molecule has 8 heteroatoms. The molecule has 3 heterocycles. The zero-order valence-corrected chi connectivity index (χ0v) is 18.4. The van der Waals surface area contributed by atoms with E-state index in [0.717, 1.165) is 17.0 Å². The molecule has 31 heavy (non-hydrogen) atoms. The monoisotopic (exact) mass is 451 g/mol. The largest absolute Gasteiger partial charge is 0.450 e. The van der Waals surface area contributed by atoms with Crippen molar-refractivity contribution in [1.82, 2.24) is 10.2 Å². The van der Waals surface area contributed by atoms with Crippen LogP contribution in [0.1, 0.15) is 46.6 Å². The van der Waals surface area contributed by atoms with Crippen LogP contribution in [0.2, 0.25) is 5.02 Å². The molecule has 0 N–H and O–H groups in total. The van der Waals surface area contributed by atoms with E-state index in [-0.39, 0.29) is 11.2 Å². The minimum Gasteiger partial charge on any atom is -0.450 e. The molecule has 4 aromatic rings. The number of hydrogen-bond donors (Lipinski definition) is 0. The van der Waals surface area contributed by atoms with E-state index in [1.165, 1.54) is 16.2 Å². The first-order valence-corrected chi connectivity index (χ1v) is 11.1. The van der Waals surface area contributed by atoms with E-state index in [0.29, 0.717) is 32.6 Å². The molecule has 2 aromatic heterocycles. The Kier molecular flexibility index (Phi) is 4.87. The van der Waals surface area contributed by atoms with Gasteiger partial charge in [0.05, 0.1) is 17.0 Å². The van der Waals surface area contributed by atoms with Crippen molar-refractivity contribution < 1.29 is 9.21 Å². The van der Waals surface area contributed by atoms with Crippen LogP contribution >= 0.6 is 22.9 Å². The molecule has 1 amide bonds. The predicted molar refractivity (Wildman–Crippen MR) is 121 cm³/mol. The van der Waals surface area contributed by atoms with Crippen molar-refractivity contribution in [1.29, 1.82) is 0 Å². The number of fused-ring (bicyclic) bond motifs is 2. The summed E-state index contributed by atoms with van der Waals surface area (Å²) in [5, 5.41) is 10.6. The highest BCUT2D eigenvalue weighted by Gasteiger charge is 2.45. The maximum absolute atomic E-state index is 13.5. The van der Waals surface area contributed by atoms with Crippen LogP contribution in [0.15, 0.2) is 57.7 Å². The van der Waals surface area contributed by atoms with Crippen LogP contribution in [-0.2, 0) is 6.42 Å². The van der Waals surface area contributed by atoms with Crippen molar-refractivity contribution in [3.8, 4) is 0 Å². The second-order valence-corrected chi connectivity index (χ2v) is 9.36. The van der Waals surface area contributed by atoms with Gasteiger partial charge in [0.15, 0.2) is 5.43 Å². The molecule has 0 saturated heterocycles. The summed E-state index contributed by atoms with van der Waals surface area (Å²) < 4.78 is 5.93. The number of carbonyl (C=O) groups excluding carboxylic acids is 1. The minimum absolute atomic E-state index is 0.0364. The van der Waals surface area contributed by atoms with Crippen LogP contribution < -0.4 is 10.3 Å². The number of aromatic nitrogens is 2. The van der Waals surface area contributed by atoms with Gasteiger partial charge in [-0.25, -0.2) is 0 Å². The smallest absolute Gasteiger partial charge is 0.297 e. The summed E-state index contributed by atoms with van der Waals surface area (Å²) in [5.74, 6) is 0.0508. The fraction of sp³-hybridized carbons (Fsp3) is 0.217. The lowest BCUT2D eigenvalue weighted by Crippen LogP contribution is -2.29. The maximum Gasteiger partial charge on any atom is 0.297 e. The molecule has 156 valence electrons. The number of rotatable bonds is 4. The average Bonchev–Trinajstić information content (AvgIpc) is 3.31. The fourth-order valence-corrected chi connectivity index (χ4v) is 5.12. The Morgan fingerprint density at radius 2 is 1.90 bits per heavy atom. The number of anilines is 1. The van der Waals surface area contributed by atoms with Gasteiger partial charge in [-0.2, -0.15) is 0 Å². The van der Waals surface area contributed by atoms with Gasteiger partial charge in [-0.15, -0.1) is 10.2 Å². The highest BCUT2D eigenvalue weighted by atomic mass is 35.5. The molecular weight excluding hydrogens is 434 g/mol. The van der Waals surface area contributed by atoms with E-state index in [1.54, 1.807) is 18.2 Å². The lowest BCUT2D eigenvalue weighted by molar-refractivity contribution is 0.0970. The molecule has 2 aromatic carbocycles. The van der Waals surface area contributed by atoms with Gasteiger partial charge >= 0.3 is 0 Å². The Morgan fingerprint density at radius 3 is 2.65 bits per heavy atom. The summed E-state index contributed by atoms with van der Waals surface area (Å²) in [7, 11) is 0. The Hall–Kier alpha value is -3.03. The quantitative estimate of drug-likeness (QED) is 0.423. The van der Waals surface area contributed by atoms with Crippen LogP contribution in [-0.4, -0.2) is 16.1 Å². The van der Waals surface area contributed by atoms with Crippen LogP contribution in [0.4, 0.5) is 5.13 Å². The van der Waals surface area contributed by atoms with E-state index < -0.39 is 11.9 Å². The number of benzene rings is 2. The molecule has 1 aliphatic rings. The third-order valence-electron chi connectivity index (χ3n) is 5.19. The number of amides is 1. The predicted octanol–water partition coefficient (Wildman–Crippen LogP) is 5.25. The maximum atomic E-state index is 13.5. The van der Waals surface area contributed by atoms with Crippen LogP contribution in [0.5, 0.6) is 0 Å². The molecule has 0 saturated carbocycles. The summed E-state index contributed by atoms with van der Waals surface area (Å²) in [6.45, 7) is 4.20. The molecule has 0 aliphatic carbocycles. The Morgan fingerprint density at radius 1 is 1.13 bits per heavy atom. The standard InChI is InChI=1S/C23H18ClN3O3S/c1-12(2)10-17-25-26-23(31-17)27-19(13-6-4-3-5-7-13)18-20(28)15-11-14(24)8-9-16(15)30-21(18)22(27)29/h3-9,11-12,19H,10H2,1-2H3/t19-/m0/s1. The van der Waals surface area contributed by atoms with Crippen molar-refractivity contribution in [3.63, 3.8) is 0 Å². The second kappa shape index (κ2) is 7.59. The Labute approximate surface area is 187 Å². The van der Waals surface area contributed by atoms with Gasteiger partial charge in [0.1, 0.15) is 10.6 Å². The molecule has 5 rings (SSSR count). The SMILES string of the molecule is CC(C)Cc1nnc(N2C(=O)c3oc4ccc(Cl)cc4c(=O)c3[C@@H]2c2ccccc2)s1. The molecule has 0 unspecified atom stereocenters. The summed E-state index contributed by atoms with van der Waals surface area (Å²) in [5.41, 5.74) is 1.15. The molecular formula is C23H18ClN3O3S. The molecule has 0 radical (unpaired) electrons. The van der Waals surface area contributed by atoms with E-state index >= 15 is 0 Å². The topological polar surface area (TPSA) is 76.3 Å². The van der Waals surface area contributed by atoms with Gasteiger partial charge in [0.2, 0.25) is 10.9 Å². The van der Waals surface area contributed by atoms with Gasteiger partial charge in [-0.1, -0.05) is 67.1 Å². The highest BCUT2D eigenvalue weighted by Crippen LogP contribution is 2.42. The third kappa shape index (κ3) is 3.34. The van der Waals surface area contributed by atoms with Crippen LogP contribution in [0, 0.1) is 5.92 Å². The summed E-state index contributed by atoms with van der Waals surface area (Å²) in [6, 6.07) is 13.6. The van der Waals surface area contributed by atoms with Crippen molar-refractivity contribution >= 4 is 44.9 Å². The minimum atomic E-state index is -0.650. The van der Waals surface area contributed by atoms with Crippen molar-refractivity contribution in [2.24, 2.45) is 5.92 Å². The van der Waals surface area contributed by atoms with E-state index in [9.17, 15) is 9.59 Å². The van der Waals surface area contributed by atoms with Gasteiger partial charge in [0.25, 0.3) is 5.91 Å². The van der Waals surface area contributed by atoms with Gasteiger partial charge < -0.3 is 4.42 Å². The first-order chi connectivity index (χ1) is 14.9. The Bertz CT molecular complexity index is 1360. The second-order valence-electron chi connectivity index (χ2n) is 7.88. The van der Waals surface area contributed by atoms with Crippen molar-refractivity contribution in [2.45, 2.75) is 26.3 Å².